The Morgan fingerprint density at radius 2 is 1.80 bits per heavy atom. The molecule has 232 valence electrons. The van der Waals surface area contributed by atoms with E-state index in [2.05, 4.69) is 20.9 Å². The van der Waals surface area contributed by atoms with E-state index in [1.165, 1.54) is 12.1 Å². The van der Waals surface area contributed by atoms with Crippen LogP contribution in [0.5, 0.6) is 23.4 Å². The maximum Gasteiger partial charge on any atom is 0.339 e. The highest BCUT2D eigenvalue weighted by Crippen LogP contribution is 2.32. The minimum Gasteiger partial charge on any atom is -0.462 e. The van der Waals surface area contributed by atoms with Crippen LogP contribution in [-0.4, -0.2) is 63.0 Å². The number of aryl methyl sites for hydroxylation is 1. The number of imidazole rings is 1. The zero-order chi connectivity index (χ0) is 32.0. The Morgan fingerprint density at radius 1 is 0.978 bits per heavy atom. The summed E-state index contributed by atoms with van der Waals surface area (Å²) in [5.74, 6) is 1.97. The maximum absolute atomic E-state index is 12.8. The summed E-state index contributed by atoms with van der Waals surface area (Å²) < 4.78 is 19.9. The Labute approximate surface area is 266 Å². The van der Waals surface area contributed by atoms with Crippen LogP contribution in [0.2, 0.25) is 0 Å². The number of hydrogen-bond acceptors (Lipinski definition) is 10. The molecule has 5 aromatic rings. The lowest BCUT2D eigenvalue weighted by Gasteiger charge is -2.14. The van der Waals surface area contributed by atoms with Crippen LogP contribution in [0, 0.1) is 18.3 Å². The maximum atomic E-state index is 12.8. The molecule has 0 saturated heterocycles. The molecule has 1 aliphatic heterocycles. The first kappa shape index (κ1) is 30.3. The molecule has 0 amide bonds. The van der Waals surface area contributed by atoms with Crippen molar-refractivity contribution in [2.24, 2.45) is 4.99 Å². The lowest BCUT2D eigenvalue weighted by atomic mass is 10.1. The van der Waals surface area contributed by atoms with Gasteiger partial charge in [0.25, 0.3) is 5.88 Å². The molecule has 0 aliphatic carbocycles. The van der Waals surface area contributed by atoms with Crippen LogP contribution in [0.4, 0.5) is 0 Å². The molecule has 11 nitrogen and oxygen atoms in total. The van der Waals surface area contributed by atoms with Crippen LogP contribution in [0.1, 0.15) is 52.6 Å². The number of nitrogens with zero attached hydrogens (tertiary/aromatic N) is 7. The summed E-state index contributed by atoms with van der Waals surface area (Å²) in [6.45, 7) is 6.29. The van der Waals surface area contributed by atoms with E-state index in [1.54, 1.807) is 6.07 Å². The van der Waals surface area contributed by atoms with Gasteiger partial charge in [-0.3, -0.25) is 4.99 Å². The van der Waals surface area contributed by atoms with E-state index in [-0.39, 0.29) is 35.4 Å². The molecular weight excluding hydrogens is 582 g/mol. The number of benzene rings is 3. The molecule has 6 rings (SSSR count). The molecule has 0 saturated carbocycles. The van der Waals surface area contributed by atoms with Gasteiger partial charge >= 0.3 is 12.0 Å². The van der Waals surface area contributed by atoms with Gasteiger partial charge in [0.1, 0.15) is 29.2 Å². The molecule has 0 unspecified atom stereocenters. The number of aliphatic imine (C=N–C) groups is 1. The highest BCUT2D eigenvalue weighted by Gasteiger charge is 2.22. The Morgan fingerprint density at radius 3 is 2.57 bits per heavy atom. The molecule has 0 radical (unpaired) electrons. The van der Waals surface area contributed by atoms with Crippen molar-refractivity contribution in [2.45, 2.75) is 33.2 Å². The normalized spacial score (nSPS) is 12.6. The molecule has 3 heterocycles. The van der Waals surface area contributed by atoms with Crippen LogP contribution in [-0.2, 0) is 11.3 Å². The number of hydrogen-bond donors (Lipinski definition) is 0. The standard InChI is InChI=1S/C35H33N7O4/c1-4-5-18-44-34(43)29-20-28(15-14-26(29)21-36)45-33-30-32(42(23(2)38-30)22-24-10-7-6-8-11-24)39-35(40-33)46-27-13-9-12-25(19-27)31-37-16-17-41(31)3/h6-15,19-20H,4-5,16-18,22H2,1-3H3. The number of nitriles is 1. The van der Waals surface area contributed by atoms with Crippen molar-refractivity contribution in [2.75, 3.05) is 26.7 Å². The number of ether oxygens (including phenoxy) is 3. The number of likely N-dealkylation sites (N-methyl/N-ethyl adjacent to an activating group) is 1. The summed E-state index contributed by atoms with van der Waals surface area (Å²) in [6, 6.07) is 24.3. The molecule has 46 heavy (non-hydrogen) atoms. The van der Waals surface area contributed by atoms with Crippen molar-refractivity contribution in [1.82, 2.24) is 24.4 Å². The predicted molar refractivity (Wildman–Crippen MR) is 173 cm³/mol. The van der Waals surface area contributed by atoms with E-state index in [9.17, 15) is 10.1 Å². The quantitative estimate of drug-likeness (QED) is 0.124. The summed E-state index contributed by atoms with van der Waals surface area (Å²) in [5.41, 5.74) is 3.24. The molecule has 1 aliphatic rings. The van der Waals surface area contributed by atoms with Gasteiger partial charge in [-0.2, -0.15) is 15.2 Å². The third kappa shape index (κ3) is 6.51. The number of esters is 1. The SMILES string of the molecule is CCCCOC(=O)c1cc(Oc2nc(Oc3cccc(C4=NCCN4C)c3)nc3c2nc(C)n3Cc2ccccc2)ccc1C#N. The number of rotatable bonds is 11. The van der Waals surface area contributed by atoms with Gasteiger partial charge in [-0.1, -0.05) is 55.8 Å². The van der Waals surface area contributed by atoms with Crippen molar-refractivity contribution in [3.05, 3.63) is 101 Å². The number of carbonyl (C=O) groups is 1. The fourth-order valence-electron chi connectivity index (χ4n) is 5.14. The third-order valence-corrected chi connectivity index (χ3v) is 7.55. The first-order valence-corrected chi connectivity index (χ1v) is 15.1. The Bertz CT molecular complexity index is 1960. The summed E-state index contributed by atoms with van der Waals surface area (Å²) >= 11 is 0. The van der Waals surface area contributed by atoms with Gasteiger partial charge in [0.05, 0.1) is 30.8 Å². The average Bonchev–Trinajstić information content (AvgIpc) is 3.64. The topological polar surface area (TPSA) is 128 Å². The fourth-order valence-corrected chi connectivity index (χ4v) is 5.14. The Hall–Kier alpha value is -5.76. The van der Waals surface area contributed by atoms with E-state index >= 15 is 0 Å². The largest absolute Gasteiger partial charge is 0.462 e. The first-order chi connectivity index (χ1) is 22.4. The van der Waals surface area contributed by atoms with E-state index < -0.39 is 5.97 Å². The molecule has 11 heteroatoms. The van der Waals surface area contributed by atoms with Crippen LogP contribution in [0.25, 0.3) is 11.2 Å². The van der Waals surface area contributed by atoms with E-state index in [4.69, 9.17) is 24.2 Å². The molecule has 3 aromatic carbocycles. The molecule has 2 aromatic heterocycles. The van der Waals surface area contributed by atoms with Gasteiger partial charge in [0, 0.05) is 19.2 Å². The first-order valence-electron chi connectivity index (χ1n) is 15.1. The molecule has 0 atom stereocenters. The van der Waals surface area contributed by atoms with Gasteiger partial charge in [-0.15, -0.1) is 0 Å². The van der Waals surface area contributed by atoms with Crippen molar-refractivity contribution in [3.63, 3.8) is 0 Å². The zero-order valence-electron chi connectivity index (χ0n) is 25.9. The summed E-state index contributed by atoms with van der Waals surface area (Å²) in [5, 5.41) is 9.64. The summed E-state index contributed by atoms with van der Waals surface area (Å²) in [7, 11) is 2.01. The summed E-state index contributed by atoms with van der Waals surface area (Å²) in [4.78, 5) is 33.7. The van der Waals surface area contributed by atoms with Gasteiger partial charge in [-0.05, 0) is 49.2 Å². The number of amidine groups is 1. The predicted octanol–water partition coefficient (Wildman–Crippen LogP) is 6.29. The molecule has 0 fully saturated rings. The van der Waals surface area contributed by atoms with Gasteiger partial charge in [-0.25, -0.2) is 9.78 Å². The van der Waals surface area contributed by atoms with Crippen LogP contribution < -0.4 is 9.47 Å². The lowest BCUT2D eigenvalue weighted by molar-refractivity contribution is 0.0499. The van der Waals surface area contributed by atoms with Crippen LogP contribution >= 0.6 is 0 Å². The van der Waals surface area contributed by atoms with E-state index in [0.717, 1.165) is 42.9 Å². The molecule has 0 spiro atoms. The molecule has 0 bridgehead atoms. The fraction of sp³-hybridized carbons (Fsp3) is 0.257. The highest BCUT2D eigenvalue weighted by atomic mass is 16.5. The summed E-state index contributed by atoms with van der Waals surface area (Å²) in [6.07, 6.45) is 1.60. The van der Waals surface area contributed by atoms with Crippen LogP contribution in [0.3, 0.4) is 0 Å². The number of unbranched alkanes of at least 4 members (excludes halogenated alkanes) is 1. The zero-order valence-corrected chi connectivity index (χ0v) is 25.9. The van der Waals surface area contributed by atoms with Crippen molar-refractivity contribution in [1.29, 1.82) is 5.26 Å². The Balaban J connectivity index is 1.39. The van der Waals surface area contributed by atoms with E-state index in [0.29, 0.717) is 29.3 Å². The van der Waals surface area contributed by atoms with Gasteiger partial charge in [0.15, 0.2) is 11.2 Å². The Kier molecular flexibility index (Phi) is 8.87. The third-order valence-electron chi connectivity index (χ3n) is 7.55. The van der Waals surface area contributed by atoms with Crippen molar-refractivity contribution in [3.8, 4) is 29.5 Å². The molecule has 0 N–H and O–H groups in total. The average molecular weight is 616 g/mol. The van der Waals surface area contributed by atoms with Crippen molar-refractivity contribution < 1.29 is 19.0 Å². The van der Waals surface area contributed by atoms with Crippen LogP contribution in [0.15, 0.2) is 77.8 Å². The number of aromatic nitrogens is 4. The lowest BCUT2D eigenvalue weighted by Crippen LogP contribution is -2.23. The second-order valence-electron chi connectivity index (χ2n) is 10.9. The van der Waals surface area contributed by atoms with E-state index in [1.807, 2.05) is 80.1 Å². The van der Waals surface area contributed by atoms with Gasteiger partial charge in [0.2, 0.25) is 0 Å². The van der Waals surface area contributed by atoms with Gasteiger partial charge < -0.3 is 23.7 Å². The minimum atomic E-state index is -0.590. The second-order valence-corrected chi connectivity index (χ2v) is 10.9. The monoisotopic (exact) mass is 615 g/mol. The minimum absolute atomic E-state index is 0.0587. The van der Waals surface area contributed by atoms with Crippen molar-refractivity contribution >= 4 is 23.0 Å². The highest BCUT2D eigenvalue weighted by molar-refractivity contribution is 6.00. The number of carbonyl (C=O) groups excluding carboxylic acids is 1. The second kappa shape index (κ2) is 13.5. The number of fused-ring (bicyclic) bond motifs is 1. The molecular formula is C35H33N7O4. The smallest absolute Gasteiger partial charge is 0.339 e.